The molecular weight excluding hydrogens is 269 g/mol. The molecule has 3 N–H and O–H groups in total. The zero-order valence-corrected chi connectivity index (χ0v) is 11.5. The lowest BCUT2D eigenvalue weighted by Gasteiger charge is -2.36. The van der Waals surface area contributed by atoms with Gasteiger partial charge in [0.2, 0.25) is 0 Å². The Kier molecular flexibility index (Phi) is 6.45. The zero-order valence-electron chi connectivity index (χ0n) is 11.5. The lowest BCUT2D eigenvalue weighted by atomic mass is 10.0. The molecule has 0 bridgehead atoms. The molecule has 114 valence electrons. The van der Waals surface area contributed by atoms with Crippen molar-refractivity contribution < 1.29 is 18.3 Å². The van der Waals surface area contributed by atoms with Gasteiger partial charge in [0.15, 0.2) is 0 Å². The van der Waals surface area contributed by atoms with Crippen LogP contribution in [0, 0.1) is 0 Å². The summed E-state index contributed by atoms with van der Waals surface area (Å²) in [4.78, 5) is 1.20. The second-order valence-electron chi connectivity index (χ2n) is 4.74. The van der Waals surface area contributed by atoms with E-state index >= 15 is 0 Å². The van der Waals surface area contributed by atoms with Gasteiger partial charge in [-0.15, -0.1) is 0 Å². The van der Waals surface area contributed by atoms with Crippen LogP contribution in [0.1, 0.15) is 18.9 Å². The maximum absolute atomic E-state index is 13.2. The predicted molar refractivity (Wildman–Crippen MR) is 72.0 cm³/mol. The maximum atomic E-state index is 13.2. The van der Waals surface area contributed by atoms with Crippen LogP contribution in [0.2, 0.25) is 0 Å². The van der Waals surface area contributed by atoms with E-state index in [0.717, 1.165) is 5.56 Å². The summed E-state index contributed by atoms with van der Waals surface area (Å²) in [6.07, 6.45) is -4.19. The summed E-state index contributed by atoms with van der Waals surface area (Å²) in [6, 6.07) is 6.11. The van der Waals surface area contributed by atoms with E-state index in [9.17, 15) is 13.2 Å². The van der Waals surface area contributed by atoms with Crippen molar-refractivity contribution >= 4 is 0 Å². The first-order valence-electron chi connectivity index (χ1n) is 6.61. The van der Waals surface area contributed by atoms with Crippen LogP contribution in [-0.4, -0.2) is 41.4 Å². The fraction of sp³-hybridized carbons (Fsp3) is 0.571. The van der Waals surface area contributed by atoms with Crippen LogP contribution >= 0.6 is 0 Å². The number of hydrogen-bond acceptors (Lipinski definition) is 3. The van der Waals surface area contributed by atoms with Crippen molar-refractivity contribution in [2.45, 2.75) is 38.1 Å². The molecule has 1 rings (SSSR count). The monoisotopic (exact) mass is 290 g/mol. The predicted octanol–water partition coefficient (Wildman–Crippen LogP) is 2.15. The summed E-state index contributed by atoms with van der Waals surface area (Å²) in [5.74, 6) is 0. The molecule has 0 fully saturated rings. The Morgan fingerprint density at radius 1 is 1.25 bits per heavy atom. The number of rotatable bonds is 7. The van der Waals surface area contributed by atoms with E-state index in [0.29, 0.717) is 0 Å². The van der Waals surface area contributed by atoms with E-state index < -0.39 is 18.3 Å². The summed E-state index contributed by atoms with van der Waals surface area (Å²) >= 11 is 0. The van der Waals surface area contributed by atoms with E-state index in [-0.39, 0.29) is 26.1 Å². The molecule has 1 aromatic carbocycles. The molecule has 6 heteroatoms. The molecule has 0 amide bonds. The van der Waals surface area contributed by atoms with Crippen LogP contribution in [0.3, 0.4) is 0 Å². The summed E-state index contributed by atoms with van der Waals surface area (Å²) in [6.45, 7) is 1.34. The summed E-state index contributed by atoms with van der Waals surface area (Å²) in [7, 11) is 0. The van der Waals surface area contributed by atoms with E-state index in [2.05, 4.69) is 0 Å². The van der Waals surface area contributed by atoms with Gasteiger partial charge in [0, 0.05) is 19.1 Å². The maximum Gasteiger partial charge on any atom is 0.405 e. The highest BCUT2D eigenvalue weighted by molar-refractivity contribution is 5.14. The third kappa shape index (κ3) is 4.77. The van der Waals surface area contributed by atoms with Gasteiger partial charge in [-0.1, -0.05) is 37.3 Å². The molecule has 2 atom stereocenters. The van der Waals surface area contributed by atoms with Gasteiger partial charge in [0.1, 0.15) is 6.04 Å². The lowest BCUT2D eigenvalue weighted by Crippen LogP contribution is -2.56. The molecule has 0 aliphatic carbocycles. The van der Waals surface area contributed by atoms with E-state index in [1.165, 1.54) is 4.90 Å². The van der Waals surface area contributed by atoms with Gasteiger partial charge in [-0.2, -0.15) is 13.2 Å². The smallest absolute Gasteiger partial charge is 0.395 e. The van der Waals surface area contributed by atoms with Crippen LogP contribution < -0.4 is 5.73 Å². The highest BCUT2D eigenvalue weighted by Gasteiger charge is 2.46. The zero-order chi connectivity index (χ0) is 15.2. The Morgan fingerprint density at radius 2 is 1.85 bits per heavy atom. The molecule has 0 heterocycles. The molecule has 0 spiro atoms. The molecule has 3 nitrogen and oxygen atoms in total. The molecule has 0 aliphatic heterocycles. The molecular formula is C14H21F3N2O. The van der Waals surface area contributed by atoms with Gasteiger partial charge in [-0.25, -0.2) is 0 Å². The van der Waals surface area contributed by atoms with Gasteiger partial charge in [0.05, 0.1) is 6.61 Å². The molecule has 0 radical (unpaired) electrons. The highest BCUT2D eigenvalue weighted by atomic mass is 19.4. The fourth-order valence-electron chi connectivity index (χ4n) is 2.21. The second-order valence-corrected chi connectivity index (χ2v) is 4.74. The number of aliphatic hydroxyl groups excluding tert-OH is 1. The van der Waals surface area contributed by atoms with E-state index in [4.69, 9.17) is 10.8 Å². The number of nitrogens with two attached hydrogens (primary N) is 1. The molecule has 0 aliphatic rings. The molecule has 0 saturated heterocycles. The van der Waals surface area contributed by atoms with Gasteiger partial charge in [-0.05, 0) is 12.0 Å². The average molecular weight is 290 g/mol. The molecule has 0 aromatic heterocycles. The minimum Gasteiger partial charge on any atom is -0.395 e. The molecule has 20 heavy (non-hydrogen) atoms. The third-order valence-corrected chi connectivity index (χ3v) is 3.22. The first kappa shape index (κ1) is 16.9. The fourth-order valence-corrected chi connectivity index (χ4v) is 2.21. The third-order valence-electron chi connectivity index (χ3n) is 3.22. The molecule has 0 saturated carbocycles. The van der Waals surface area contributed by atoms with Crippen molar-refractivity contribution in [2.75, 3.05) is 13.2 Å². The first-order chi connectivity index (χ1) is 9.40. The average Bonchev–Trinajstić information content (AvgIpc) is 2.38. The normalized spacial score (nSPS) is 15.3. The van der Waals surface area contributed by atoms with Crippen LogP contribution in [0.5, 0.6) is 0 Å². The van der Waals surface area contributed by atoms with Crippen LogP contribution in [0.15, 0.2) is 30.3 Å². The number of hydrogen-bond donors (Lipinski definition) is 2. The standard InChI is InChI=1S/C14H21F3N2O/c1-2-12(18)13(14(15,16)17)19(8-9-20)10-11-6-4-3-5-7-11/h3-7,12-13,20H,2,8-10,18H2,1H3. The van der Waals surface area contributed by atoms with Crippen molar-refractivity contribution in [3.8, 4) is 0 Å². The van der Waals surface area contributed by atoms with Gasteiger partial charge in [0.25, 0.3) is 0 Å². The topological polar surface area (TPSA) is 49.5 Å². The quantitative estimate of drug-likeness (QED) is 0.809. The van der Waals surface area contributed by atoms with E-state index in [1.807, 2.05) is 0 Å². The Bertz CT molecular complexity index is 384. The Morgan fingerprint density at radius 3 is 2.30 bits per heavy atom. The van der Waals surface area contributed by atoms with E-state index in [1.54, 1.807) is 37.3 Å². The SMILES string of the molecule is CCC(N)C(N(CCO)Cc1ccccc1)C(F)(F)F. The second kappa shape index (κ2) is 7.61. The summed E-state index contributed by atoms with van der Waals surface area (Å²) in [5.41, 5.74) is 6.41. The first-order valence-corrected chi connectivity index (χ1v) is 6.61. The number of aliphatic hydroxyl groups is 1. The number of alkyl halides is 3. The largest absolute Gasteiger partial charge is 0.405 e. The highest BCUT2D eigenvalue weighted by Crippen LogP contribution is 2.28. The number of benzene rings is 1. The van der Waals surface area contributed by atoms with Crippen LogP contribution in [-0.2, 0) is 6.54 Å². The summed E-state index contributed by atoms with van der Waals surface area (Å²) in [5, 5.41) is 9.03. The molecule has 2 unspecified atom stereocenters. The minimum absolute atomic E-state index is 0.0627. The lowest BCUT2D eigenvalue weighted by molar-refractivity contribution is -0.192. The van der Waals surface area contributed by atoms with Crippen LogP contribution in [0.25, 0.3) is 0 Å². The minimum atomic E-state index is -4.42. The Balaban J connectivity index is 2.96. The van der Waals surface area contributed by atoms with Crippen LogP contribution in [0.4, 0.5) is 13.2 Å². The van der Waals surface area contributed by atoms with Gasteiger partial charge < -0.3 is 10.8 Å². The van der Waals surface area contributed by atoms with Crippen molar-refractivity contribution in [1.82, 2.24) is 4.90 Å². The van der Waals surface area contributed by atoms with Crippen molar-refractivity contribution in [3.63, 3.8) is 0 Å². The van der Waals surface area contributed by atoms with Gasteiger partial charge in [-0.3, -0.25) is 4.90 Å². The molecule has 1 aromatic rings. The van der Waals surface area contributed by atoms with Crippen molar-refractivity contribution in [3.05, 3.63) is 35.9 Å². The Labute approximate surface area is 117 Å². The van der Waals surface area contributed by atoms with Gasteiger partial charge >= 0.3 is 6.18 Å². The Hall–Kier alpha value is -1.11. The van der Waals surface area contributed by atoms with Crippen molar-refractivity contribution in [1.29, 1.82) is 0 Å². The van der Waals surface area contributed by atoms with Crippen molar-refractivity contribution in [2.24, 2.45) is 5.73 Å². The number of halogens is 3. The number of nitrogens with zero attached hydrogens (tertiary/aromatic N) is 1. The summed E-state index contributed by atoms with van der Waals surface area (Å²) < 4.78 is 39.7.